The Morgan fingerprint density at radius 3 is 2.66 bits per heavy atom. The van der Waals surface area contributed by atoms with E-state index < -0.39 is 12.8 Å². The maximum absolute atomic E-state index is 12.6. The summed E-state index contributed by atoms with van der Waals surface area (Å²) in [6, 6.07) is 12.8. The van der Waals surface area contributed by atoms with Gasteiger partial charge in [0.05, 0.1) is 6.54 Å². The van der Waals surface area contributed by atoms with Gasteiger partial charge in [0.2, 0.25) is 5.91 Å². The summed E-state index contributed by atoms with van der Waals surface area (Å²) in [5.41, 5.74) is 3.41. The first-order valence-corrected chi connectivity index (χ1v) is 9.88. The number of alkyl halides is 3. The number of guanidine groups is 1. The average Bonchev–Trinajstić information content (AvgIpc) is 3.17. The predicted molar refractivity (Wildman–Crippen MR) is 129 cm³/mol. The van der Waals surface area contributed by atoms with Crippen LogP contribution in [0.25, 0.3) is 0 Å². The second-order valence-electron chi connectivity index (χ2n) is 7.22. The molecule has 2 aromatic carbocycles. The molecule has 0 atom stereocenters. The van der Waals surface area contributed by atoms with Gasteiger partial charge in [-0.25, -0.2) is 0 Å². The highest BCUT2D eigenvalue weighted by Gasteiger charge is 2.29. The lowest BCUT2D eigenvalue weighted by Gasteiger charge is -2.19. The Hall–Kier alpha value is -2.50. The molecule has 32 heavy (non-hydrogen) atoms. The van der Waals surface area contributed by atoms with Crippen LogP contribution in [0.5, 0.6) is 5.75 Å². The number of anilines is 1. The third-order valence-corrected chi connectivity index (χ3v) is 4.88. The molecule has 0 fully saturated rings. The standard InChI is InChI=1S/C22H25F3N4O2.HI/c1-15-7-8-17(19(11-15)31-14-22(23,24)25)12-27-21(26-2)28-13-20(30)29-10-9-16-5-3-4-6-18(16)29;/h3-8,11H,9-10,12-14H2,1-2H3,(H2,26,27,28);1H. The molecule has 10 heteroatoms. The number of aliphatic imine (C=N–C) groups is 1. The van der Waals surface area contributed by atoms with E-state index in [-0.39, 0.29) is 48.7 Å². The smallest absolute Gasteiger partial charge is 0.422 e. The Morgan fingerprint density at radius 1 is 1.19 bits per heavy atom. The number of hydrogen-bond donors (Lipinski definition) is 2. The number of rotatable bonds is 6. The Morgan fingerprint density at radius 2 is 1.94 bits per heavy atom. The van der Waals surface area contributed by atoms with Crippen LogP contribution >= 0.6 is 24.0 Å². The SMILES string of the molecule is CN=C(NCC(=O)N1CCc2ccccc21)NCc1ccc(C)cc1OCC(F)(F)F.I. The maximum atomic E-state index is 12.6. The highest BCUT2D eigenvalue weighted by atomic mass is 127. The number of carbonyl (C=O) groups excluding carboxylic acids is 1. The molecule has 1 aliphatic heterocycles. The maximum Gasteiger partial charge on any atom is 0.422 e. The van der Waals surface area contributed by atoms with Gasteiger partial charge in [0, 0.05) is 31.4 Å². The molecule has 0 radical (unpaired) electrons. The Kier molecular flexibility index (Phi) is 9.17. The fraction of sp³-hybridized carbons (Fsp3) is 0.364. The number of aryl methyl sites for hydroxylation is 1. The van der Waals surface area contributed by atoms with Gasteiger partial charge in [0.1, 0.15) is 5.75 Å². The first kappa shape index (κ1) is 25.8. The van der Waals surface area contributed by atoms with Crippen molar-refractivity contribution in [3.8, 4) is 5.75 Å². The lowest BCUT2D eigenvalue weighted by Crippen LogP contribution is -2.44. The molecular formula is C22H26F3IN4O2. The van der Waals surface area contributed by atoms with Gasteiger partial charge in [0.25, 0.3) is 0 Å². The number of nitrogens with zero attached hydrogens (tertiary/aromatic N) is 2. The van der Waals surface area contributed by atoms with Crippen LogP contribution in [-0.2, 0) is 17.8 Å². The van der Waals surface area contributed by atoms with E-state index in [0.717, 1.165) is 23.2 Å². The molecular weight excluding hydrogens is 536 g/mol. The van der Waals surface area contributed by atoms with E-state index in [0.29, 0.717) is 18.1 Å². The van der Waals surface area contributed by atoms with Crippen LogP contribution in [0.1, 0.15) is 16.7 Å². The Labute approximate surface area is 202 Å². The highest BCUT2D eigenvalue weighted by molar-refractivity contribution is 14.0. The quantitative estimate of drug-likeness (QED) is 0.320. The van der Waals surface area contributed by atoms with E-state index >= 15 is 0 Å². The van der Waals surface area contributed by atoms with E-state index in [9.17, 15) is 18.0 Å². The number of halogens is 4. The molecule has 2 aromatic rings. The van der Waals surface area contributed by atoms with Crippen molar-refractivity contribution in [3.05, 3.63) is 59.2 Å². The van der Waals surface area contributed by atoms with Crippen molar-refractivity contribution < 1.29 is 22.7 Å². The highest BCUT2D eigenvalue weighted by Crippen LogP contribution is 2.27. The van der Waals surface area contributed by atoms with Crippen LogP contribution in [0.2, 0.25) is 0 Å². The topological polar surface area (TPSA) is 66.0 Å². The first-order chi connectivity index (χ1) is 14.8. The summed E-state index contributed by atoms with van der Waals surface area (Å²) in [5.74, 6) is 0.436. The molecule has 0 saturated heterocycles. The van der Waals surface area contributed by atoms with E-state index in [1.54, 1.807) is 37.1 Å². The summed E-state index contributed by atoms with van der Waals surface area (Å²) in [5, 5.41) is 5.98. The minimum atomic E-state index is -4.42. The van der Waals surface area contributed by atoms with Crippen LogP contribution in [0.4, 0.5) is 18.9 Å². The fourth-order valence-corrected chi connectivity index (χ4v) is 3.35. The zero-order valence-corrected chi connectivity index (χ0v) is 20.2. The second kappa shape index (κ2) is 11.4. The van der Waals surface area contributed by atoms with Crippen molar-refractivity contribution in [2.75, 3.05) is 31.6 Å². The molecule has 0 saturated carbocycles. The van der Waals surface area contributed by atoms with Gasteiger partial charge in [-0.3, -0.25) is 9.79 Å². The Bertz CT molecular complexity index is 966. The van der Waals surface area contributed by atoms with E-state index in [1.165, 1.54) is 0 Å². The van der Waals surface area contributed by atoms with Crippen molar-refractivity contribution in [2.45, 2.75) is 26.1 Å². The van der Waals surface area contributed by atoms with Gasteiger partial charge in [-0.2, -0.15) is 13.2 Å². The van der Waals surface area contributed by atoms with Crippen LogP contribution in [0.15, 0.2) is 47.5 Å². The summed E-state index contributed by atoms with van der Waals surface area (Å²) >= 11 is 0. The molecule has 1 amide bonds. The predicted octanol–water partition coefficient (Wildman–Crippen LogP) is 3.81. The van der Waals surface area contributed by atoms with Gasteiger partial charge in [-0.05, 0) is 36.6 Å². The number of fused-ring (bicyclic) bond motifs is 1. The van der Waals surface area contributed by atoms with Crippen LogP contribution in [0.3, 0.4) is 0 Å². The summed E-state index contributed by atoms with van der Waals surface area (Å²) in [7, 11) is 1.56. The molecule has 0 aliphatic carbocycles. The summed E-state index contributed by atoms with van der Waals surface area (Å²) in [6.07, 6.45) is -3.59. The van der Waals surface area contributed by atoms with Crippen LogP contribution in [0, 0.1) is 6.92 Å². The summed E-state index contributed by atoms with van der Waals surface area (Å²) in [4.78, 5) is 18.4. The minimum absolute atomic E-state index is 0. The number of para-hydroxylation sites is 1. The zero-order valence-electron chi connectivity index (χ0n) is 17.8. The van der Waals surface area contributed by atoms with Gasteiger partial charge >= 0.3 is 6.18 Å². The van der Waals surface area contributed by atoms with Crippen LogP contribution < -0.4 is 20.3 Å². The molecule has 3 rings (SSSR count). The number of amides is 1. The molecule has 1 aliphatic rings. The van der Waals surface area contributed by atoms with Crippen LogP contribution in [-0.4, -0.2) is 44.8 Å². The molecule has 174 valence electrons. The molecule has 0 bridgehead atoms. The van der Waals surface area contributed by atoms with E-state index in [2.05, 4.69) is 15.6 Å². The van der Waals surface area contributed by atoms with Gasteiger partial charge in [-0.1, -0.05) is 30.3 Å². The summed E-state index contributed by atoms with van der Waals surface area (Å²) in [6.45, 7) is 1.28. The van der Waals surface area contributed by atoms with E-state index in [4.69, 9.17) is 4.74 Å². The number of nitrogens with one attached hydrogen (secondary N) is 2. The van der Waals surface area contributed by atoms with Gasteiger partial charge in [0.15, 0.2) is 12.6 Å². The molecule has 6 nitrogen and oxygen atoms in total. The number of ether oxygens (including phenoxy) is 1. The van der Waals surface area contributed by atoms with Gasteiger partial charge in [-0.15, -0.1) is 24.0 Å². The average molecular weight is 562 g/mol. The molecule has 0 aromatic heterocycles. The van der Waals surface area contributed by atoms with Crippen molar-refractivity contribution >= 4 is 41.5 Å². The lowest BCUT2D eigenvalue weighted by atomic mass is 10.1. The van der Waals surface area contributed by atoms with Crippen molar-refractivity contribution in [1.29, 1.82) is 0 Å². The van der Waals surface area contributed by atoms with Crippen molar-refractivity contribution in [3.63, 3.8) is 0 Å². The third-order valence-electron chi connectivity index (χ3n) is 4.88. The fourth-order valence-electron chi connectivity index (χ4n) is 3.35. The number of carbonyl (C=O) groups is 1. The number of benzene rings is 2. The van der Waals surface area contributed by atoms with E-state index in [1.807, 2.05) is 24.3 Å². The third kappa shape index (κ3) is 7.01. The molecule has 2 N–H and O–H groups in total. The summed E-state index contributed by atoms with van der Waals surface area (Å²) < 4.78 is 42.6. The first-order valence-electron chi connectivity index (χ1n) is 9.88. The molecule has 0 unspecified atom stereocenters. The number of hydrogen-bond acceptors (Lipinski definition) is 3. The van der Waals surface area contributed by atoms with Crippen molar-refractivity contribution in [1.82, 2.24) is 10.6 Å². The largest absolute Gasteiger partial charge is 0.484 e. The minimum Gasteiger partial charge on any atom is -0.484 e. The van der Waals surface area contributed by atoms with Gasteiger partial charge < -0.3 is 20.3 Å². The lowest BCUT2D eigenvalue weighted by molar-refractivity contribution is -0.153. The monoisotopic (exact) mass is 562 g/mol. The zero-order chi connectivity index (χ0) is 22.4. The molecule has 0 spiro atoms. The molecule has 1 heterocycles. The second-order valence-corrected chi connectivity index (χ2v) is 7.22. The Balaban J connectivity index is 0.00000363. The van der Waals surface area contributed by atoms with Crippen molar-refractivity contribution in [2.24, 2.45) is 4.99 Å². The normalized spacial score (nSPS) is 13.3.